The standard InChI is InChI=1S/C13H18N4/c1-17-6-2-3-12(9-17)15-11-4-5-13-10(7-11)8-14-16-13/h4-5,7-8,12,15H,2-3,6,9H2,1H3,(H,14,16). The number of rotatable bonds is 2. The van der Waals surface area contributed by atoms with E-state index in [-0.39, 0.29) is 0 Å². The molecule has 1 aliphatic rings. The van der Waals surface area contributed by atoms with Gasteiger partial charge in [-0.15, -0.1) is 0 Å². The number of nitrogens with one attached hydrogen (secondary N) is 2. The normalized spacial score (nSPS) is 21.8. The SMILES string of the molecule is CN1CCCC(Nc2ccc3[nH]ncc3c2)C1. The third kappa shape index (κ3) is 2.26. The van der Waals surface area contributed by atoms with Gasteiger partial charge in [0.15, 0.2) is 0 Å². The molecule has 2 N–H and O–H groups in total. The molecular formula is C13H18N4. The van der Waals surface area contributed by atoms with E-state index in [4.69, 9.17) is 0 Å². The Labute approximate surface area is 101 Å². The Morgan fingerprint density at radius 1 is 1.47 bits per heavy atom. The highest BCUT2D eigenvalue weighted by Gasteiger charge is 2.16. The van der Waals surface area contributed by atoms with Crippen LogP contribution in [0.15, 0.2) is 24.4 Å². The van der Waals surface area contributed by atoms with Gasteiger partial charge in [-0.3, -0.25) is 5.10 Å². The molecule has 90 valence electrons. The highest BCUT2D eigenvalue weighted by atomic mass is 15.1. The zero-order valence-electron chi connectivity index (χ0n) is 10.1. The number of hydrogen-bond donors (Lipinski definition) is 2. The molecule has 2 heterocycles. The first-order chi connectivity index (χ1) is 8.31. The Kier molecular flexibility index (Phi) is 2.73. The molecule has 1 aromatic carbocycles. The lowest BCUT2D eigenvalue weighted by Crippen LogP contribution is -2.39. The highest BCUT2D eigenvalue weighted by Crippen LogP contribution is 2.19. The Bertz CT molecular complexity index is 505. The smallest absolute Gasteiger partial charge is 0.0651 e. The van der Waals surface area contributed by atoms with Crippen molar-refractivity contribution in [3.63, 3.8) is 0 Å². The van der Waals surface area contributed by atoms with Gasteiger partial charge in [0.05, 0.1) is 11.7 Å². The first-order valence-corrected chi connectivity index (χ1v) is 6.19. The molecule has 0 aliphatic carbocycles. The summed E-state index contributed by atoms with van der Waals surface area (Å²) in [5.74, 6) is 0. The van der Waals surface area contributed by atoms with Crippen molar-refractivity contribution in [2.24, 2.45) is 0 Å². The van der Waals surface area contributed by atoms with Crippen molar-refractivity contribution in [3.8, 4) is 0 Å². The predicted molar refractivity (Wildman–Crippen MR) is 70.2 cm³/mol. The van der Waals surface area contributed by atoms with E-state index in [9.17, 15) is 0 Å². The van der Waals surface area contributed by atoms with Crippen LogP contribution in [0, 0.1) is 0 Å². The molecule has 17 heavy (non-hydrogen) atoms. The minimum Gasteiger partial charge on any atom is -0.381 e. The second-order valence-corrected chi connectivity index (χ2v) is 4.92. The molecule has 0 amide bonds. The molecule has 0 saturated carbocycles. The van der Waals surface area contributed by atoms with Crippen LogP contribution in [-0.4, -0.2) is 41.3 Å². The van der Waals surface area contributed by atoms with E-state index in [1.54, 1.807) is 0 Å². The third-order valence-electron chi connectivity index (χ3n) is 3.44. The van der Waals surface area contributed by atoms with E-state index < -0.39 is 0 Å². The van der Waals surface area contributed by atoms with Gasteiger partial charge in [-0.2, -0.15) is 5.10 Å². The molecule has 1 atom stereocenters. The zero-order chi connectivity index (χ0) is 11.7. The average molecular weight is 230 g/mol. The lowest BCUT2D eigenvalue weighted by molar-refractivity contribution is 0.261. The fraction of sp³-hybridized carbons (Fsp3) is 0.462. The zero-order valence-corrected chi connectivity index (χ0v) is 10.1. The molecule has 0 radical (unpaired) electrons. The highest BCUT2D eigenvalue weighted by molar-refractivity contribution is 5.81. The number of likely N-dealkylation sites (tertiary alicyclic amines) is 1. The van der Waals surface area contributed by atoms with Crippen LogP contribution in [0.4, 0.5) is 5.69 Å². The summed E-state index contributed by atoms with van der Waals surface area (Å²) < 4.78 is 0. The number of likely N-dealkylation sites (N-methyl/N-ethyl adjacent to an activating group) is 1. The van der Waals surface area contributed by atoms with Crippen molar-refractivity contribution in [3.05, 3.63) is 24.4 Å². The van der Waals surface area contributed by atoms with Gasteiger partial charge in [0.2, 0.25) is 0 Å². The van der Waals surface area contributed by atoms with E-state index in [0.717, 1.165) is 12.1 Å². The van der Waals surface area contributed by atoms with Gasteiger partial charge in [-0.05, 0) is 44.6 Å². The molecule has 0 spiro atoms. The number of H-pyrrole nitrogens is 1. The summed E-state index contributed by atoms with van der Waals surface area (Å²) in [5, 5.41) is 11.8. The molecule has 1 saturated heterocycles. The van der Waals surface area contributed by atoms with Crippen molar-refractivity contribution in [2.45, 2.75) is 18.9 Å². The Morgan fingerprint density at radius 2 is 2.41 bits per heavy atom. The molecule has 1 fully saturated rings. The fourth-order valence-electron chi connectivity index (χ4n) is 2.55. The maximum absolute atomic E-state index is 4.04. The minimum atomic E-state index is 0.568. The maximum atomic E-state index is 4.04. The summed E-state index contributed by atoms with van der Waals surface area (Å²) in [6.45, 7) is 2.35. The van der Waals surface area contributed by atoms with Crippen LogP contribution in [0.5, 0.6) is 0 Å². The summed E-state index contributed by atoms with van der Waals surface area (Å²) in [6, 6.07) is 6.93. The van der Waals surface area contributed by atoms with Crippen molar-refractivity contribution in [1.29, 1.82) is 0 Å². The summed E-state index contributed by atoms with van der Waals surface area (Å²) in [4.78, 5) is 2.39. The molecule has 2 aromatic rings. The number of aromatic nitrogens is 2. The van der Waals surface area contributed by atoms with Crippen LogP contribution in [0.3, 0.4) is 0 Å². The number of fused-ring (bicyclic) bond motifs is 1. The van der Waals surface area contributed by atoms with Gasteiger partial charge in [0.25, 0.3) is 0 Å². The first kappa shape index (κ1) is 10.6. The lowest BCUT2D eigenvalue weighted by atomic mass is 10.1. The monoisotopic (exact) mass is 230 g/mol. The molecule has 4 nitrogen and oxygen atoms in total. The Hall–Kier alpha value is -1.55. The molecular weight excluding hydrogens is 212 g/mol. The number of hydrogen-bond acceptors (Lipinski definition) is 3. The van der Waals surface area contributed by atoms with E-state index in [1.165, 1.54) is 30.5 Å². The topological polar surface area (TPSA) is 44.0 Å². The minimum absolute atomic E-state index is 0.568. The second kappa shape index (κ2) is 4.37. The quantitative estimate of drug-likeness (QED) is 0.830. The summed E-state index contributed by atoms with van der Waals surface area (Å²) >= 11 is 0. The van der Waals surface area contributed by atoms with Crippen LogP contribution in [-0.2, 0) is 0 Å². The first-order valence-electron chi connectivity index (χ1n) is 6.19. The number of aromatic amines is 1. The van der Waals surface area contributed by atoms with Crippen LogP contribution in [0.25, 0.3) is 10.9 Å². The van der Waals surface area contributed by atoms with Crippen molar-refractivity contribution in [2.75, 3.05) is 25.5 Å². The molecule has 1 aliphatic heterocycles. The Morgan fingerprint density at radius 3 is 3.29 bits per heavy atom. The van der Waals surface area contributed by atoms with Gasteiger partial charge >= 0.3 is 0 Å². The summed E-state index contributed by atoms with van der Waals surface area (Å²) in [5.41, 5.74) is 2.29. The van der Waals surface area contributed by atoms with Gasteiger partial charge in [-0.25, -0.2) is 0 Å². The predicted octanol–water partition coefficient (Wildman–Crippen LogP) is 2.07. The molecule has 1 unspecified atom stereocenters. The van der Waals surface area contributed by atoms with Crippen molar-refractivity contribution < 1.29 is 0 Å². The average Bonchev–Trinajstić information content (AvgIpc) is 2.76. The van der Waals surface area contributed by atoms with E-state index >= 15 is 0 Å². The van der Waals surface area contributed by atoms with E-state index in [2.05, 4.69) is 45.7 Å². The van der Waals surface area contributed by atoms with Gasteiger partial charge in [0.1, 0.15) is 0 Å². The van der Waals surface area contributed by atoms with Crippen LogP contribution in [0.1, 0.15) is 12.8 Å². The number of benzene rings is 1. The number of piperidine rings is 1. The summed E-state index contributed by atoms with van der Waals surface area (Å²) in [6.07, 6.45) is 4.41. The van der Waals surface area contributed by atoms with E-state index in [0.29, 0.717) is 6.04 Å². The molecule has 3 rings (SSSR count). The molecule has 1 aromatic heterocycles. The molecule has 0 bridgehead atoms. The van der Waals surface area contributed by atoms with Crippen LogP contribution < -0.4 is 5.32 Å². The van der Waals surface area contributed by atoms with Gasteiger partial charge < -0.3 is 10.2 Å². The van der Waals surface area contributed by atoms with Gasteiger partial charge in [-0.1, -0.05) is 0 Å². The maximum Gasteiger partial charge on any atom is 0.0651 e. The summed E-state index contributed by atoms with van der Waals surface area (Å²) in [7, 11) is 2.19. The third-order valence-corrected chi connectivity index (χ3v) is 3.44. The van der Waals surface area contributed by atoms with Crippen LogP contribution in [0.2, 0.25) is 0 Å². The molecule has 4 heteroatoms. The Balaban J connectivity index is 1.75. The largest absolute Gasteiger partial charge is 0.381 e. The van der Waals surface area contributed by atoms with Gasteiger partial charge in [0, 0.05) is 23.7 Å². The van der Waals surface area contributed by atoms with Crippen molar-refractivity contribution >= 4 is 16.6 Å². The van der Waals surface area contributed by atoms with E-state index in [1.807, 2.05) is 6.20 Å². The van der Waals surface area contributed by atoms with Crippen LogP contribution >= 0.6 is 0 Å². The second-order valence-electron chi connectivity index (χ2n) is 4.92. The fourth-order valence-corrected chi connectivity index (χ4v) is 2.55. The number of anilines is 1. The van der Waals surface area contributed by atoms with Crippen molar-refractivity contribution in [1.82, 2.24) is 15.1 Å². The number of nitrogens with zero attached hydrogens (tertiary/aromatic N) is 2. The lowest BCUT2D eigenvalue weighted by Gasteiger charge is -2.30.